The summed E-state index contributed by atoms with van der Waals surface area (Å²) < 4.78 is 9.70. The summed E-state index contributed by atoms with van der Waals surface area (Å²) in [4.78, 5) is 47.4. The second-order valence-electron chi connectivity index (χ2n) is 5.53. The number of hydrogen-bond acceptors (Lipinski definition) is 6. The van der Waals surface area contributed by atoms with Gasteiger partial charge in [0.15, 0.2) is 0 Å². The highest BCUT2D eigenvalue weighted by atomic mass is 16.6. The zero-order valence-electron chi connectivity index (χ0n) is 12.6. The second-order valence-corrected chi connectivity index (χ2v) is 5.53. The summed E-state index contributed by atoms with van der Waals surface area (Å²) in [6.07, 6.45) is -0.982. The standard InChI is InChI=1S/C13H20N2O6/c1-5-20-10(17)7-15-9(16)6-8(11(15)18)14-12(19)21-13(2,3)4/h8H,5-7H2,1-4H3,(H,14,19)/t8-/m0/s1. The number of imide groups is 1. The van der Waals surface area contributed by atoms with Crippen LogP contribution in [0.1, 0.15) is 34.1 Å². The molecule has 21 heavy (non-hydrogen) atoms. The summed E-state index contributed by atoms with van der Waals surface area (Å²) in [6.45, 7) is 6.38. The molecular weight excluding hydrogens is 280 g/mol. The van der Waals surface area contributed by atoms with Gasteiger partial charge in [0.1, 0.15) is 18.2 Å². The molecule has 1 aliphatic heterocycles. The van der Waals surface area contributed by atoms with Crippen molar-refractivity contribution in [1.29, 1.82) is 0 Å². The van der Waals surface area contributed by atoms with Gasteiger partial charge in [0.2, 0.25) is 5.91 Å². The number of ether oxygens (including phenoxy) is 2. The molecule has 1 aliphatic rings. The molecule has 0 aliphatic carbocycles. The van der Waals surface area contributed by atoms with Crippen LogP contribution in [0.15, 0.2) is 0 Å². The van der Waals surface area contributed by atoms with Crippen LogP contribution in [-0.4, -0.2) is 53.6 Å². The zero-order chi connectivity index (χ0) is 16.2. The Kier molecular flexibility index (Phi) is 5.28. The number of rotatable bonds is 4. The monoisotopic (exact) mass is 300 g/mol. The Balaban J connectivity index is 2.60. The van der Waals surface area contributed by atoms with Crippen LogP contribution in [0.4, 0.5) is 4.79 Å². The number of carbonyl (C=O) groups is 4. The van der Waals surface area contributed by atoms with E-state index in [0.717, 1.165) is 4.90 Å². The van der Waals surface area contributed by atoms with Crippen LogP contribution in [-0.2, 0) is 23.9 Å². The molecule has 0 aromatic carbocycles. The summed E-state index contributed by atoms with van der Waals surface area (Å²) >= 11 is 0. The molecular formula is C13H20N2O6. The van der Waals surface area contributed by atoms with Crippen molar-refractivity contribution in [3.05, 3.63) is 0 Å². The topological polar surface area (TPSA) is 102 Å². The van der Waals surface area contributed by atoms with Crippen molar-refractivity contribution < 1.29 is 28.7 Å². The van der Waals surface area contributed by atoms with E-state index in [2.05, 4.69) is 10.1 Å². The summed E-state index contributed by atoms with van der Waals surface area (Å²) in [5.74, 6) is -1.84. The smallest absolute Gasteiger partial charge is 0.408 e. The Morgan fingerprint density at radius 2 is 1.95 bits per heavy atom. The number of amides is 3. The second kappa shape index (κ2) is 6.55. The highest BCUT2D eigenvalue weighted by Gasteiger charge is 2.41. The van der Waals surface area contributed by atoms with Gasteiger partial charge >= 0.3 is 12.1 Å². The van der Waals surface area contributed by atoms with E-state index in [1.54, 1.807) is 27.7 Å². The molecule has 1 saturated heterocycles. The van der Waals surface area contributed by atoms with Crippen LogP contribution >= 0.6 is 0 Å². The van der Waals surface area contributed by atoms with Gasteiger partial charge in [-0.3, -0.25) is 19.3 Å². The van der Waals surface area contributed by atoms with Crippen molar-refractivity contribution in [3.63, 3.8) is 0 Å². The van der Waals surface area contributed by atoms with Crippen LogP contribution in [0.2, 0.25) is 0 Å². The molecule has 8 heteroatoms. The zero-order valence-corrected chi connectivity index (χ0v) is 12.6. The fourth-order valence-corrected chi connectivity index (χ4v) is 1.75. The number of carbonyl (C=O) groups excluding carboxylic acids is 4. The Hall–Kier alpha value is -2.12. The SMILES string of the molecule is CCOC(=O)CN1C(=O)C[C@H](NC(=O)OC(C)(C)C)C1=O. The highest BCUT2D eigenvalue weighted by molar-refractivity contribution is 6.08. The minimum atomic E-state index is -1.01. The van der Waals surface area contributed by atoms with Gasteiger partial charge in [0.25, 0.3) is 5.91 Å². The van der Waals surface area contributed by atoms with E-state index in [9.17, 15) is 19.2 Å². The van der Waals surface area contributed by atoms with Crippen molar-refractivity contribution in [2.75, 3.05) is 13.2 Å². The Bertz CT molecular complexity index is 454. The van der Waals surface area contributed by atoms with Crippen LogP contribution in [0.25, 0.3) is 0 Å². The number of esters is 1. The fourth-order valence-electron chi connectivity index (χ4n) is 1.75. The van der Waals surface area contributed by atoms with E-state index in [1.165, 1.54) is 0 Å². The molecule has 0 aromatic rings. The Morgan fingerprint density at radius 3 is 2.48 bits per heavy atom. The maximum atomic E-state index is 12.0. The molecule has 1 heterocycles. The number of likely N-dealkylation sites (tertiary alicyclic amines) is 1. The number of hydrogen-bond donors (Lipinski definition) is 1. The molecule has 0 saturated carbocycles. The molecule has 0 unspecified atom stereocenters. The van der Waals surface area contributed by atoms with Gasteiger partial charge in [-0.2, -0.15) is 0 Å². The van der Waals surface area contributed by atoms with Crippen LogP contribution in [0.3, 0.4) is 0 Å². The van der Waals surface area contributed by atoms with E-state index in [-0.39, 0.29) is 13.0 Å². The first-order valence-corrected chi connectivity index (χ1v) is 6.63. The summed E-state index contributed by atoms with van der Waals surface area (Å²) in [5.41, 5.74) is -0.708. The third kappa shape index (κ3) is 5.05. The third-order valence-electron chi connectivity index (χ3n) is 2.53. The maximum absolute atomic E-state index is 12.0. The quantitative estimate of drug-likeness (QED) is 0.588. The van der Waals surface area contributed by atoms with E-state index < -0.39 is 42.1 Å². The van der Waals surface area contributed by atoms with Crippen molar-refractivity contribution >= 4 is 23.9 Å². The third-order valence-corrected chi connectivity index (χ3v) is 2.53. The molecule has 0 spiro atoms. The predicted octanol–water partition coefficient (Wildman–Crippen LogP) is 0.202. The molecule has 1 N–H and O–H groups in total. The van der Waals surface area contributed by atoms with Crippen molar-refractivity contribution in [2.45, 2.75) is 45.8 Å². The van der Waals surface area contributed by atoms with Crippen LogP contribution < -0.4 is 5.32 Å². The van der Waals surface area contributed by atoms with Gasteiger partial charge in [0.05, 0.1) is 13.0 Å². The lowest BCUT2D eigenvalue weighted by Crippen LogP contribution is -2.44. The molecule has 0 bridgehead atoms. The summed E-state index contributed by atoms with van der Waals surface area (Å²) in [6, 6.07) is -1.01. The minimum Gasteiger partial charge on any atom is -0.465 e. The van der Waals surface area contributed by atoms with Gasteiger partial charge in [-0.15, -0.1) is 0 Å². The summed E-state index contributed by atoms with van der Waals surface area (Å²) in [7, 11) is 0. The minimum absolute atomic E-state index is 0.161. The average molecular weight is 300 g/mol. The fraction of sp³-hybridized carbons (Fsp3) is 0.692. The number of nitrogens with one attached hydrogen (secondary N) is 1. The molecule has 1 rings (SSSR count). The molecule has 1 atom stereocenters. The number of alkyl carbamates (subject to hydrolysis) is 1. The lowest BCUT2D eigenvalue weighted by molar-refractivity contribution is -0.152. The van der Waals surface area contributed by atoms with Crippen LogP contribution in [0.5, 0.6) is 0 Å². The van der Waals surface area contributed by atoms with Gasteiger partial charge in [0, 0.05) is 0 Å². The normalized spacial score (nSPS) is 18.7. The molecule has 3 amide bonds. The Labute approximate surface area is 122 Å². The van der Waals surface area contributed by atoms with Crippen molar-refractivity contribution in [3.8, 4) is 0 Å². The largest absolute Gasteiger partial charge is 0.465 e. The predicted molar refractivity (Wildman–Crippen MR) is 71.1 cm³/mol. The summed E-state index contributed by atoms with van der Waals surface area (Å²) in [5, 5.41) is 2.33. The average Bonchev–Trinajstić information content (AvgIpc) is 2.54. The Morgan fingerprint density at radius 1 is 1.33 bits per heavy atom. The first kappa shape index (κ1) is 16.9. The molecule has 118 valence electrons. The molecule has 1 fully saturated rings. The lowest BCUT2D eigenvalue weighted by atomic mass is 10.2. The van der Waals surface area contributed by atoms with E-state index in [4.69, 9.17) is 4.74 Å². The molecule has 0 radical (unpaired) electrons. The van der Waals surface area contributed by atoms with Gasteiger partial charge in [-0.1, -0.05) is 0 Å². The maximum Gasteiger partial charge on any atom is 0.408 e. The van der Waals surface area contributed by atoms with Gasteiger partial charge in [-0.25, -0.2) is 4.79 Å². The molecule has 8 nitrogen and oxygen atoms in total. The van der Waals surface area contributed by atoms with Crippen molar-refractivity contribution in [2.24, 2.45) is 0 Å². The first-order valence-electron chi connectivity index (χ1n) is 6.63. The van der Waals surface area contributed by atoms with Gasteiger partial charge in [-0.05, 0) is 27.7 Å². The van der Waals surface area contributed by atoms with E-state index >= 15 is 0 Å². The molecule has 0 aromatic heterocycles. The highest BCUT2D eigenvalue weighted by Crippen LogP contribution is 2.14. The number of nitrogens with zero attached hydrogens (tertiary/aromatic N) is 1. The van der Waals surface area contributed by atoms with Crippen molar-refractivity contribution in [1.82, 2.24) is 10.2 Å². The first-order chi connectivity index (χ1) is 9.64. The van der Waals surface area contributed by atoms with Crippen LogP contribution in [0, 0.1) is 0 Å². The van der Waals surface area contributed by atoms with E-state index in [0.29, 0.717) is 0 Å². The lowest BCUT2D eigenvalue weighted by Gasteiger charge is -2.21. The van der Waals surface area contributed by atoms with E-state index in [1.807, 2.05) is 0 Å². The van der Waals surface area contributed by atoms with Gasteiger partial charge < -0.3 is 14.8 Å².